The average Bonchev–Trinajstić information content (AvgIpc) is 3.03. The van der Waals surface area contributed by atoms with Gasteiger partial charge in [-0.1, -0.05) is 0 Å². The van der Waals surface area contributed by atoms with E-state index in [0.29, 0.717) is 29.2 Å². The predicted molar refractivity (Wildman–Crippen MR) is 89.6 cm³/mol. The first-order valence-corrected chi connectivity index (χ1v) is 7.79. The average molecular weight is 316 g/mol. The van der Waals surface area contributed by atoms with E-state index in [1.165, 1.54) is 25.0 Å². The van der Waals surface area contributed by atoms with Crippen molar-refractivity contribution in [2.45, 2.75) is 12.8 Å². The van der Waals surface area contributed by atoms with Crippen LogP contribution in [0.5, 0.6) is 5.75 Å². The van der Waals surface area contributed by atoms with Crippen molar-refractivity contribution in [1.82, 2.24) is 9.88 Å². The van der Waals surface area contributed by atoms with Crippen molar-refractivity contribution in [3.63, 3.8) is 0 Å². The maximum atomic E-state index is 13.9. The molecule has 0 bridgehead atoms. The minimum atomic E-state index is -0.367. The second-order valence-electron chi connectivity index (χ2n) is 5.73. The summed E-state index contributed by atoms with van der Waals surface area (Å²) in [6.45, 7) is 3.63. The Hall–Kier alpha value is -2.34. The molecule has 1 aliphatic rings. The summed E-state index contributed by atoms with van der Waals surface area (Å²) >= 11 is 0. The number of hydrogen-bond acceptors (Lipinski definition) is 5. The quantitative estimate of drug-likeness (QED) is 0.886. The van der Waals surface area contributed by atoms with Gasteiger partial charge in [-0.2, -0.15) is 0 Å². The number of benzene rings is 1. The van der Waals surface area contributed by atoms with Crippen molar-refractivity contribution in [3.05, 3.63) is 36.3 Å². The molecular formula is C17H21FN4O. The molecule has 3 rings (SSSR count). The lowest BCUT2D eigenvalue weighted by molar-refractivity contribution is 0.237. The van der Waals surface area contributed by atoms with E-state index in [2.05, 4.69) is 9.88 Å². The molecule has 122 valence electrons. The second-order valence-corrected chi connectivity index (χ2v) is 5.73. The molecule has 0 saturated carbocycles. The summed E-state index contributed by atoms with van der Waals surface area (Å²) in [6.07, 6.45) is 4.04. The van der Waals surface area contributed by atoms with Crippen LogP contribution >= 0.6 is 0 Å². The SMILES string of the molecule is Nc1nccc(-c2cc(F)cc(OCCN3CCCC3)c2)c1N. The summed E-state index contributed by atoms with van der Waals surface area (Å²) in [5, 5.41) is 0. The third-order valence-electron chi connectivity index (χ3n) is 4.08. The van der Waals surface area contributed by atoms with Crippen LogP contribution in [0.3, 0.4) is 0 Å². The van der Waals surface area contributed by atoms with Crippen molar-refractivity contribution < 1.29 is 9.13 Å². The van der Waals surface area contributed by atoms with E-state index in [0.717, 1.165) is 19.6 Å². The van der Waals surface area contributed by atoms with E-state index in [1.807, 2.05) is 0 Å². The standard InChI is InChI=1S/C17H21FN4O/c18-13-9-12(15-3-4-21-17(20)16(15)19)10-14(11-13)23-8-7-22-5-1-2-6-22/h3-4,9-11H,1-2,5-8,19H2,(H2,20,21). The number of anilines is 2. The van der Waals surface area contributed by atoms with Gasteiger partial charge in [0.05, 0.1) is 5.69 Å². The fourth-order valence-electron chi connectivity index (χ4n) is 2.84. The summed E-state index contributed by atoms with van der Waals surface area (Å²) in [4.78, 5) is 6.27. The van der Waals surface area contributed by atoms with Gasteiger partial charge in [0, 0.05) is 24.4 Å². The highest BCUT2D eigenvalue weighted by Gasteiger charge is 2.12. The van der Waals surface area contributed by atoms with E-state index in [4.69, 9.17) is 16.2 Å². The van der Waals surface area contributed by atoms with Crippen molar-refractivity contribution in [1.29, 1.82) is 0 Å². The van der Waals surface area contributed by atoms with Gasteiger partial charge in [-0.25, -0.2) is 9.37 Å². The summed E-state index contributed by atoms with van der Waals surface area (Å²) in [5.74, 6) is 0.366. The van der Waals surface area contributed by atoms with Crippen molar-refractivity contribution in [2.75, 3.05) is 37.7 Å². The number of halogens is 1. The van der Waals surface area contributed by atoms with E-state index in [1.54, 1.807) is 18.3 Å². The Labute approximate surface area is 135 Å². The minimum absolute atomic E-state index is 0.239. The molecule has 0 radical (unpaired) electrons. The van der Waals surface area contributed by atoms with Crippen molar-refractivity contribution in [2.24, 2.45) is 0 Å². The molecular weight excluding hydrogens is 295 g/mol. The minimum Gasteiger partial charge on any atom is -0.492 e. The number of pyridine rings is 1. The Kier molecular flexibility index (Phi) is 4.62. The number of hydrogen-bond donors (Lipinski definition) is 2. The highest BCUT2D eigenvalue weighted by atomic mass is 19.1. The lowest BCUT2D eigenvalue weighted by Crippen LogP contribution is -2.25. The molecule has 0 aliphatic carbocycles. The molecule has 0 spiro atoms. The third-order valence-corrected chi connectivity index (χ3v) is 4.08. The summed E-state index contributed by atoms with van der Waals surface area (Å²) in [5.41, 5.74) is 13.3. The Morgan fingerprint density at radius 3 is 2.74 bits per heavy atom. The summed E-state index contributed by atoms with van der Waals surface area (Å²) < 4.78 is 19.6. The number of nitrogens with zero attached hydrogens (tertiary/aromatic N) is 2. The topological polar surface area (TPSA) is 77.4 Å². The van der Waals surface area contributed by atoms with Crippen LogP contribution in [-0.4, -0.2) is 36.1 Å². The first-order chi connectivity index (χ1) is 11.1. The zero-order valence-corrected chi connectivity index (χ0v) is 13.0. The van der Waals surface area contributed by atoms with E-state index in [-0.39, 0.29) is 11.6 Å². The molecule has 2 heterocycles. The molecule has 23 heavy (non-hydrogen) atoms. The largest absolute Gasteiger partial charge is 0.492 e. The van der Waals surface area contributed by atoms with Gasteiger partial charge in [0.2, 0.25) is 0 Å². The Balaban J connectivity index is 1.74. The lowest BCUT2D eigenvalue weighted by atomic mass is 10.0. The van der Waals surface area contributed by atoms with Crippen LogP contribution in [0.25, 0.3) is 11.1 Å². The number of nitrogens with two attached hydrogens (primary N) is 2. The third kappa shape index (κ3) is 3.71. The van der Waals surface area contributed by atoms with Gasteiger partial charge in [-0.15, -0.1) is 0 Å². The number of rotatable bonds is 5. The maximum Gasteiger partial charge on any atom is 0.147 e. The van der Waals surface area contributed by atoms with Crippen LogP contribution in [0.2, 0.25) is 0 Å². The van der Waals surface area contributed by atoms with Crippen LogP contribution in [0.15, 0.2) is 30.5 Å². The van der Waals surface area contributed by atoms with Gasteiger partial charge in [0.25, 0.3) is 0 Å². The highest BCUT2D eigenvalue weighted by molar-refractivity contribution is 5.82. The predicted octanol–water partition coefficient (Wildman–Crippen LogP) is 2.53. The summed E-state index contributed by atoms with van der Waals surface area (Å²) in [7, 11) is 0. The van der Waals surface area contributed by atoms with Crippen LogP contribution in [0.4, 0.5) is 15.9 Å². The number of nitrogen functional groups attached to an aromatic ring is 2. The van der Waals surface area contributed by atoms with Gasteiger partial charge in [-0.3, -0.25) is 4.90 Å². The van der Waals surface area contributed by atoms with Gasteiger partial charge in [0.1, 0.15) is 24.0 Å². The zero-order chi connectivity index (χ0) is 16.2. The maximum absolute atomic E-state index is 13.9. The van der Waals surface area contributed by atoms with Crippen LogP contribution in [0.1, 0.15) is 12.8 Å². The lowest BCUT2D eigenvalue weighted by Gasteiger charge is -2.15. The Bertz CT molecular complexity index is 686. The van der Waals surface area contributed by atoms with Crippen LogP contribution in [0, 0.1) is 5.82 Å². The first kappa shape index (κ1) is 15.6. The Morgan fingerprint density at radius 2 is 1.96 bits per heavy atom. The number of ether oxygens (including phenoxy) is 1. The molecule has 0 unspecified atom stereocenters. The molecule has 6 heteroatoms. The van der Waals surface area contributed by atoms with E-state index >= 15 is 0 Å². The number of likely N-dealkylation sites (tertiary alicyclic amines) is 1. The van der Waals surface area contributed by atoms with Gasteiger partial charge >= 0.3 is 0 Å². The molecule has 0 amide bonds. The Morgan fingerprint density at radius 1 is 1.17 bits per heavy atom. The molecule has 1 aliphatic heterocycles. The zero-order valence-electron chi connectivity index (χ0n) is 13.0. The van der Waals surface area contributed by atoms with E-state index in [9.17, 15) is 4.39 Å². The molecule has 1 aromatic heterocycles. The molecule has 1 aromatic carbocycles. The highest BCUT2D eigenvalue weighted by Crippen LogP contribution is 2.31. The normalized spacial score (nSPS) is 15.0. The van der Waals surface area contributed by atoms with Crippen LogP contribution in [-0.2, 0) is 0 Å². The second kappa shape index (κ2) is 6.83. The molecule has 5 nitrogen and oxygen atoms in total. The smallest absolute Gasteiger partial charge is 0.147 e. The molecule has 2 aromatic rings. The van der Waals surface area contributed by atoms with Gasteiger partial charge in [-0.05, 0) is 49.7 Å². The van der Waals surface area contributed by atoms with E-state index < -0.39 is 0 Å². The first-order valence-electron chi connectivity index (χ1n) is 7.79. The van der Waals surface area contributed by atoms with Crippen molar-refractivity contribution in [3.8, 4) is 16.9 Å². The summed E-state index contributed by atoms with van der Waals surface area (Å²) in [6, 6.07) is 6.29. The number of aromatic nitrogens is 1. The molecule has 4 N–H and O–H groups in total. The van der Waals surface area contributed by atoms with Gasteiger partial charge < -0.3 is 16.2 Å². The molecule has 0 atom stereocenters. The molecule has 1 fully saturated rings. The molecule has 1 saturated heterocycles. The van der Waals surface area contributed by atoms with Crippen molar-refractivity contribution >= 4 is 11.5 Å². The van der Waals surface area contributed by atoms with Gasteiger partial charge in [0.15, 0.2) is 0 Å². The fraction of sp³-hybridized carbons (Fsp3) is 0.353. The van der Waals surface area contributed by atoms with Crippen LogP contribution < -0.4 is 16.2 Å². The fourth-order valence-corrected chi connectivity index (χ4v) is 2.84. The monoisotopic (exact) mass is 316 g/mol.